The molecule has 1 aromatic carbocycles. The first-order valence-corrected chi connectivity index (χ1v) is 4.23. The van der Waals surface area contributed by atoms with Gasteiger partial charge in [0, 0.05) is 5.56 Å². The molecule has 1 N–H and O–H groups in total. The summed E-state index contributed by atoms with van der Waals surface area (Å²) in [4.78, 5) is 11.3. The third kappa shape index (κ3) is 2.95. The molecule has 0 unspecified atom stereocenters. The largest absolute Gasteiger partial charge is 0.310 e. The summed E-state index contributed by atoms with van der Waals surface area (Å²) in [5.74, 6) is -0.455. The van der Waals surface area contributed by atoms with Crippen LogP contribution in [0.25, 0.3) is 0 Å². The van der Waals surface area contributed by atoms with Gasteiger partial charge in [-0.2, -0.15) is 0 Å². The summed E-state index contributed by atoms with van der Waals surface area (Å²) in [6.07, 6.45) is 0. The zero-order valence-corrected chi connectivity index (χ0v) is 7.51. The molecule has 0 amide bonds. The summed E-state index contributed by atoms with van der Waals surface area (Å²) in [7, 11) is 0. The Labute approximate surface area is 76.8 Å². The van der Waals surface area contributed by atoms with Gasteiger partial charge in [-0.1, -0.05) is 19.1 Å². The molecular weight excluding hydrogens is 169 g/mol. The predicted molar refractivity (Wildman–Crippen MR) is 49.3 cm³/mol. The van der Waals surface area contributed by atoms with E-state index in [4.69, 9.17) is 0 Å². The first-order chi connectivity index (χ1) is 6.24. The first-order valence-electron chi connectivity index (χ1n) is 4.23. The van der Waals surface area contributed by atoms with E-state index < -0.39 is 0 Å². The van der Waals surface area contributed by atoms with E-state index >= 15 is 0 Å². The van der Waals surface area contributed by atoms with Crippen LogP contribution in [0.3, 0.4) is 0 Å². The minimum absolute atomic E-state index is 0.0821. The molecule has 13 heavy (non-hydrogen) atoms. The van der Waals surface area contributed by atoms with Crippen molar-refractivity contribution in [1.82, 2.24) is 5.32 Å². The summed E-state index contributed by atoms with van der Waals surface area (Å²) in [6.45, 7) is 2.92. The molecule has 70 valence electrons. The van der Waals surface area contributed by atoms with Gasteiger partial charge >= 0.3 is 0 Å². The quantitative estimate of drug-likeness (QED) is 0.715. The fourth-order valence-corrected chi connectivity index (χ4v) is 1.00. The average molecular weight is 181 g/mol. The van der Waals surface area contributed by atoms with Crippen molar-refractivity contribution in [1.29, 1.82) is 0 Å². The van der Waals surface area contributed by atoms with Crippen molar-refractivity contribution in [2.24, 2.45) is 0 Å². The Kier molecular flexibility index (Phi) is 3.58. The molecule has 1 aromatic rings. The van der Waals surface area contributed by atoms with E-state index in [1.165, 1.54) is 18.2 Å². The van der Waals surface area contributed by atoms with Gasteiger partial charge in [0.25, 0.3) is 0 Å². The molecule has 0 radical (unpaired) electrons. The van der Waals surface area contributed by atoms with E-state index in [0.29, 0.717) is 5.56 Å². The molecule has 0 aliphatic rings. The number of Topliss-reactive ketones (excluding diaryl/α,β-unsaturated/α-hetero) is 1. The molecule has 0 saturated heterocycles. The maximum atomic E-state index is 12.7. The number of hydrogen-bond donors (Lipinski definition) is 1. The Balaban J connectivity index is 2.66. The van der Waals surface area contributed by atoms with Crippen LogP contribution >= 0.6 is 0 Å². The van der Waals surface area contributed by atoms with Crippen LogP contribution in [0.15, 0.2) is 24.3 Å². The third-order valence-corrected chi connectivity index (χ3v) is 1.68. The summed E-state index contributed by atoms with van der Waals surface area (Å²) in [5, 5.41) is 2.89. The van der Waals surface area contributed by atoms with Crippen molar-refractivity contribution >= 4 is 5.78 Å². The monoisotopic (exact) mass is 181 g/mol. The van der Waals surface area contributed by atoms with E-state index in [1.54, 1.807) is 6.07 Å². The van der Waals surface area contributed by atoms with Gasteiger partial charge < -0.3 is 5.32 Å². The molecule has 0 fully saturated rings. The van der Waals surface area contributed by atoms with Crippen LogP contribution in [0.1, 0.15) is 17.3 Å². The van der Waals surface area contributed by atoms with Crippen LogP contribution in [0, 0.1) is 5.82 Å². The Hall–Kier alpha value is -1.22. The summed E-state index contributed by atoms with van der Waals surface area (Å²) < 4.78 is 12.7. The zero-order chi connectivity index (χ0) is 9.68. The predicted octanol–water partition coefficient (Wildman–Crippen LogP) is 1.62. The van der Waals surface area contributed by atoms with Crippen LogP contribution in [-0.2, 0) is 0 Å². The van der Waals surface area contributed by atoms with Crippen molar-refractivity contribution in [3.63, 3.8) is 0 Å². The minimum Gasteiger partial charge on any atom is -0.310 e. The van der Waals surface area contributed by atoms with Crippen LogP contribution in [0.5, 0.6) is 0 Å². The topological polar surface area (TPSA) is 29.1 Å². The molecule has 0 aliphatic heterocycles. The second-order valence-electron chi connectivity index (χ2n) is 2.71. The fourth-order valence-electron chi connectivity index (χ4n) is 1.00. The molecule has 0 aromatic heterocycles. The van der Waals surface area contributed by atoms with E-state index in [1.807, 2.05) is 6.92 Å². The highest BCUT2D eigenvalue weighted by molar-refractivity contribution is 5.97. The second kappa shape index (κ2) is 4.72. The fraction of sp³-hybridized carbons (Fsp3) is 0.300. The number of benzene rings is 1. The number of hydrogen-bond acceptors (Lipinski definition) is 2. The number of carbonyl (C=O) groups is 1. The van der Waals surface area contributed by atoms with Crippen molar-refractivity contribution in [3.05, 3.63) is 35.6 Å². The lowest BCUT2D eigenvalue weighted by atomic mass is 10.1. The van der Waals surface area contributed by atoms with Crippen LogP contribution in [0.2, 0.25) is 0 Å². The Morgan fingerprint density at radius 2 is 2.31 bits per heavy atom. The van der Waals surface area contributed by atoms with Gasteiger partial charge in [0.15, 0.2) is 5.78 Å². The lowest BCUT2D eigenvalue weighted by Gasteiger charge is -2.00. The normalized spacial score (nSPS) is 10.0. The molecule has 0 aliphatic carbocycles. The van der Waals surface area contributed by atoms with Crippen LogP contribution in [0.4, 0.5) is 4.39 Å². The number of ketones is 1. The maximum Gasteiger partial charge on any atom is 0.176 e. The number of rotatable bonds is 4. The number of halogens is 1. The molecule has 0 saturated carbocycles. The standard InChI is InChI=1S/C10H12FNO/c1-2-12-7-10(13)8-4-3-5-9(11)6-8/h3-6,12H,2,7H2,1H3. The Morgan fingerprint density at radius 3 is 2.92 bits per heavy atom. The van der Waals surface area contributed by atoms with Gasteiger partial charge in [-0.15, -0.1) is 0 Å². The van der Waals surface area contributed by atoms with Crippen molar-refractivity contribution < 1.29 is 9.18 Å². The minimum atomic E-state index is -0.373. The molecule has 2 nitrogen and oxygen atoms in total. The van der Waals surface area contributed by atoms with E-state index in [-0.39, 0.29) is 18.1 Å². The van der Waals surface area contributed by atoms with E-state index in [9.17, 15) is 9.18 Å². The van der Waals surface area contributed by atoms with E-state index in [2.05, 4.69) is 5.32 Å². The molecule has 3 heteroatoms. The highest BCUT2D eigenvalue weighted by Crippen LogP contribution is 2.03. The molecular formula is C10H12FNO. The van der Waals surface area contributed by atoms with Gasteiger partial charge in [-0.3, -0.25) is 4.79 Å². The summed E-state index contributed by atoms with van der Waals surface area (Å²) >= 11 is 0. The van der Waals surface area contributed by atoms with Gasteiger partial charge in [-0.25, -0.2) is 4.39 Å². The second-order valence-corrected chi connectivity index (χ2v) is 2.71. The molecule has 0 spiro atoms. The first kappa shape index (κ1) is 9.86. The number of nitrogens with one attached hydrogen (secondary N) is 1. The molecule has 0 heterocycles. The zero-order valence-electron chi connectivity index (χ0n) is 7.51. The van der Waals surface area contributed by atoms with Gasteiger partial charge in [-0.05, 0) is 18.7 Å². The van der Waals surface area contributed by atoms with Crippen LogP contribution < -0.4 is 5.32 Å². The van der Waals surface area contributed by atoms with E-state index in [0.717, 1.165) is 6.54 Å². The van der Waals surface area contributed by atoms with Gasteiger partial charge in [0.2, 0.25) is 0 Å². The highest BCUT2D eigenvalue weighted by atomic mass is 19.1. The van der Waals surface area contributed by atoms with Gasteiger partial charge in [0.1, 0.15) is 5.82 Å². The maximum absolute atomic E-state index is 12.7. The molecule has 0 bridgehead atoms. The van der Waals surface area contributed by atoms with Crippen molar-refractivity contribution in [2.75, 3.05) is 13.1 Å². The Bertz CT molecular complexity index is 299. The summed E-state index contributed by atoms with van der Waals surface area (Å²) in [6, 6.07) is 5.72. The number of likely N-dealkylation sites (N-methyl/N-ethyl adjacent to an activating group) is 1. The van der Waals surface area contributed by atoms with Crippen LogP contribution in [-0.4, -0.2) is 18.9 Å². The lowest BCUT2D eigenvalue weighted by molar-refractivity contribution is 0.0991. The lowest BCUT2D eigenvalue weighted by Crippen LogP contribution is -2.22. The third-order valence-electron chi connectivity index (χ3n) is 1.68. The van der Waals surface area contributed by atoms with Gasteiger partial charge in [0.05, 0.1) is 6.54 Å². The smallest absolute Gasteiger partial charge is 0.176 e. The summed E-state index contributed by atoms with van der Waals surface area (Å²) in [5.41, 5.74) is 0.418. The van der Waals surface area contributed by atoms with Crippen molar-refractivity contribution in [2.45, 2.75) is 6.92 Å². The molecule has 1 rings (SSSR count). The Morgan fingerprint density at radius 1 is 1.54 bits per heavy atom. The van der Waals surface area contributed by atoms with Crippen molar-refractivity contribution in [3.8, 4) is 0 Å². The SMILES string of the molecule is CCNCC(=O)c1cccc(F)c1. The highest BCUT2D eigenvalue weighted by Gasteiger charge is 2.04. The molecule has 0 atom stereocenters. The number of carbonyl (C=O) groups excluding carboxylic acids is 1. The average Bonchev–Trinajstić information content (AvgIpc) is 2.14.